The van der Waals surface area contributed by atoms with E-state index in [0.717, 1.165) is 16.1 Å². The first-order valence-corrected chi connectivity index (χ1v) is 8.85. The molecule has 4 heteroatoms. The molecule has 4 aromatic rings. The van der Waals surface area contributed by atoms with Crippen LogP contribution in [0.1, 0.15) is 20.9 Å². The van der Waals surface area contributed by atoms with Crippen LogP contribution in [0.4, 0.5) is 0 Å². The largest absolute Gasteiger partial charge is 0.355 e. The molecule has 1 amide bonds. The minimum absolute atomic E-state index is 0.0754. The highest BCUT2D eigenvalue weighted by atomic mass is 32.1. The highest BCUT2D eigenvalue weighted by Crippen LogP contribution is 2.30. The number of rotatable bonds is 3. The van der Waals surface area contributed by atoms with Gasteiger partial charge in [0.2, 0.25) is 0 Å². The first-order chi connectivity index (χ1) is 12.2. The third kappa shape index (κ3) is 3.04. The van der Waals surface area contributed by atoms with Crippen molar-refractivity contribution in [2.24, 2.45) is 0 Å². The predicted octanol–water partition coefficient (Wildman–Crippen LogP) is 4.98. The Morgan fingerprint density at radius 3 is 2.60 bits per heavy atom. The maximum absolute atomic E-state index is 11.6. The number of benzene rings is 3. The third-order valence-electron chi connectivity index (χ3n) is 4.12. The monoisotopic (exact) mass is 344 g/mol. The van der Waals surface area contributed by atoms with Gasteiger partial charge < -0.3 is 5.32 Å². The van der Waals surface area contributed by atoms with E-state index in [4.69, 9.17) is 4.98 Å². The molecule has 0 saturated carbocycles. The van der Waals surface area contributed by atoms with E-state index < -0.39 is 0 Å². The lowest BCUT2D eigenvalue weighted by molar-refractivity contribution is 0.0963. The Hall–Kier alpha value is -2.98. The van der Waals surface area contributed by atoms with Gasteiger partial charge in [0.25, 0.3) is 5.91 Å². The molecule has 1 N–H and O–H groups in total. The molecule has 3 aromatic carbocycles. The van der Waals surface area contributed by atoms with Gasteiger partial charge in [-0.25, -0.2) is 4.98 Å². The van der Waals surface area contributed by atoms with Gasteiger partial charge in [-0.15, -0.1) is 11.3 Å². The van der Waals surface area contributed by atoms with Crippen LogP contribution < -0.4 is 5.32 Å². The van der Waals surface area contributed by atoms with Crippen molar-refractivity contribution in [3.05, 3.63) is 76.8 Å². The second-order valence-electron chi connectivity index (χ2n) is 5.72. The molecule has 1 heterocycles. The molecule has 25 heavy (non-hydrogen) atoms. The van der Waals surface area contributed by atoms with Gasteiger partial charge >= 0.3 is 0 Å². The van der Waals surface area contributed by atoms with Gasteiger partial charge in [0.15, 0.2) is 0 Å². The normalized spacial score (nSPS) is 11.4. The number of fused-ring (bicyclic) bond motifs is 3. The van der Waals surface area contributed by atoms with E-state index >= 15 is 0 Å². The van der Waals surface area contributed by atoms with Crippen molar-refractivity contribution < 1.29 is 4.79 Å². The van der Waals surface area contributed by atoms with Crippen LogP contribution in [0.2, 0.25) is 0 Å². The fourth-order valence-corrected chi connectivity index (χ4v) is 3.69. The van der Waals surface area contributed by atoms with E-state index in [1.165, 1.54) is 15.5 Å². The molecule has 0 atom stereocenters. The van der Waals surface area contributed by atoms with Gasteiger partial charge in [-0.2, -0.15) is 0 Å². The molecule has 0 aliphatic heterocycles. The molecule has 0 aliphatic rings. The standard InChI is InChI=1S/C21H16N2OS/c1-22-21(24)16-9-6-14(7-10-16)8-13-19-23-20-17-5-3-2-4-15(17)11-12-18(20)25-19/h2-13H,1H3,(H,22,24). The Morgan fingerprint density at radius 1 is 1.00 bits per heavy atom. The molecule has 0 radical (unpaired) electrons. The van der Waals surface area contributed by atoms with Gasteiger partial charge in [0.05, 0.1) is 10.2 Å². The average molecular weight is 344 g/mol. The average Bonchev–Trinajstić information content (AvgIpc) is 3.10. The number of carbonyl (C=O) groups excluding carboxylic acids is 1. The summed E-state index contributed by atoms with van der Waals surface area (Å²) in [6, 6.07) is 20.1. The quantitative estimate of drug-likeness (QED) is 0.569. The molecule has 0 fully saturated rings. The molecule has 1 aromatic heterocycles. The summed E-state index contributed by atoms with van der Waals surface area (Å²) in [7, 11) is 1.63. The van der Waals surface area contributed by atoms with Crippen molar-refractivity contribution in [2.75, 3.05) is 7.05 Å². The summed E-state index contributed by atoms with van der Waals surface area (Å²) >= 11 is 1.68. The van der Waals surface area contributed by atoms with Gasteiger partial charge in [0, 0.05) is 18.0 Å². The Balaban J connectivity index is 1.65. The second-order valence-corrected chi connectivity index (χ2v) is 6.78. The zero-order valence-electron chi connectivity index (χ0n) is 13.7. The van der Waals surface area contributed by atoms with E-state index in [1.807, 2.05) is 48.6 Å². The van der Waals surface area contributed by atoms with Gasteiger partial charge in [-0.1, -0.05) is 48.5 Å². The van der Waals surface area contributed by atoms with Crippen molar-refractivity contribution in [3.63, 3.8) is 0 Å². The molecule has 0 saturated heterocycles. The number of amides is 1. The third-order valence-corrected chi connectivity index (χ3v) is 5.10. The molecular weight excluding hydrogens is 328 g/mol. The van der Waals surface area contributed by atoms with E-state index in [9.17, 15) is 4.79 Å². The van der Waals surface area contributed by atoms with Gasteiger partial charge in [-0.05, 0) is 35.2 Å². The maximum Gasteiger partial charge on any atom is 0.251 e. The van der Waals surface area contributed by atoms with Crippen LogP contribution in [0.15, 0.2) is 60.7 Å². The Labute approximate surface area is 149 Å². The molecule has 0 unspecified atom stereocenters. The Kier molecular flexibility index (Phi) is 4.04. The predicted molar refractivity (Wildman–Crippen MR) is 106 cm³/mol. The lowest BCUT2D eigenvalue weighted by Gasteiger charge is -1.99. The highest BCUT2D eigenvalue weighted by Gasteiger charge is 2.06. The fraction of sp³-hybridized carbons (Fsp3) is 0.0476. The molecule has 0 spiro atoms. The summed E-state index contributed by atoms with van der Waals surface area (Å²) in [5.74, 6) is -0.0754. The lowest BCUT2D eigenvalue weighted by Crippen LogP contribution is -2.17. The van der Waals surface area contributed by atoms with Crippen molar-refractivity contribution in [3.8, 4) is 0 Å². The number of nitrogens with zero attached hydrogens (tertiary/aromatic N) is 1. The Bertz CT molecular complexity index is 1090. The van der Waals surface area contributed by atoms with Crippen molar-refractivity contribution in [1.29, 1.82) is 0 Å². The van der Waals surface area contributed by atoms with Gasteiger partial charge in [-0.3, -0.25) is 4.79 Å². The number of thiazole rings is 1. The van der Waals surface area contributed by atoms with Gasteiger partial charge in [0.1, 0.15) is 5.01 Å². The van der Waals surface area contributed by atoms with Crippen LogP contribution in [0.3, 0.4) is 0 Å². The minimum atomic E-state index is -0.0754. The van der Waals surface area contributed by atoms with Crippen molar-refractivity contribution >= 4 is 50.4 Å². The summed E-state index contributed by atoms with van der Waals surface area (Å²) in [5.41, 5.74) is 2.75. The van der Waals surface area contributed by atoms with E-state index in [0.29, 0.717) is 5.56 Å². The topological polar surface area (TPSA) is 42.0 Å². The zero-order valence-corrected chi connectivity index (χ0v) is 14.5. The van der Waals surface area contributed by atoms with Crippen LogP contribution in [-0.4, -0.2) is 17.9 Å². The number of hydrogen-bond donors (Lipinski definition) is 1. The zero-order chi connectivity index (χ0) is 17.2. The highest BCUT2D eigenvalue weighted by molar-refractivity contribution is 7.19. The SMILES string of the molecule is CNC(=O)c1ccc(C=Cc2nc3c(ccc4ccccc43)s2)cc1. The van der Waals surface area contributed by atoms with Crippen molar-refractivity contribution in [1.82, 2.24) is 10.3 Å². The number of carbonyl (C=O) groups is 1. The van der Waals surface area contributed by atoms with E-state index in [-0.39, 0.29) is 5.91 Å². The molecule has 0 aliphatic carbocycles. The molecule has 122 valence electrons. The van der Waals surface area contributed by atoms with Crippen LogP contribution in [-0.2, 0) is 0 Å². The van der Waals surface area contributed by atoms with E-state index in [1.54, 1.807) is 18.4 Å². The summed E-state index contributed by atoms with van der Waals surface area (Å²) in [6.45, 7) is 0. The molecule has 4 rings (SSSR count). The lowest BCUT2D eigenvalue weighted by atomic mass is 10.1. The first-order valence-electron chi connectivity index (χ1n) is 8.03. The molecular formula is C21H16N2OS. The van der Waals surface area contributed by atoms with E-state index in [2.05, 4.69) is 29.6 Å². The van der Waals surface area contributed by atoms with Crippen molar-refractivity contribution in [2.45, 2.75) is 0 Å². The summed E-state index contributed by atoms with van der Waals surface area (Å²) < 4.78 is 1.19. The smallest absolute Gasteiger partial charge is 0.251 e. The first kappa shape index (κ1) is 15.5. The van der Waals surface area contributed by atoms with Crippen LogP contribution in [0.5, 0.6) is 0 Å². The number of hydrogen-bond acceptors (Lipinski definition) is 3. The van der Waals surface area contributed by atoms with Crippen LogP contribution in [0.25, 0.3) is 33.1 Å². The van der Waals surface area contributed by atoms with Crippen LogP contribution >= 0.6 is 11.3 Å². The molecule has 0 bridgehead atoms. The second kappa shape index (κ2) is 6.49. The fourth-order valence-electron chi connectivity index (χ4n) is 2.81. The van der Waals surface area contributed by atoms with Crippen LogP contribution in [0, 0.1) is 0 Å². The maximum atomic E-state index is 11.6. The minimum Gasteiger partial charge on any atom is -0.355 e. The molecule has 3 nitrogen and oxygen atoms in total. The summed E-state index contributed by atoms with van der Waals surface area (Å²) in [5, 5.41) is 5.99. The summed E-state index contributed by atoms with van der Waals surface area (Å²) in [6.07, 6.45) is 4.04. The number of nitrogens with one attached hydrogen (secondary N) is 1. The number of aromatic nitrogens is 1. The summed E-state index contributed by atoms with van der Waals surface area (Å²) in [4.78, 5) is 16.4. The Morgan fingerprint density at radius 2 is 1.80 bits per heavy atom.